The summed E-state index contributed by atoms with van der Waals surface area (Å²) in [6.07, 6.45) is -0.296. The lowest BCUT2D eigenvalue weighted by atomic mass is 9.91. The molecule has 0 saturated carbocycles. The van der Waals surface area contributed by atoms with Crippen LogP contribution in [-0.4, -0.2) is 60.8 Å². The van der Waals surface area contributed by atoms with E-state index >= 15 is 0 Å². The highest BCUT2D eigenvalue weighted by atomic mass is 16.6. The van der Waals surface area contributed by atoms with Crippen LogP contribution in [-0.2, 0) is 4.74 Å². The summed E-state index contributed by atoms with van der Waals surface area (Å²) in [6, 6.07) is 26.6. The highest BCUT2D eigenvalue weighted by Crippen LogP contribution is 2.35. The van der Waals surface area contributed by atoms with Crippen molar-refractivity contribution in [1.29, 1.82) is 0 Å². The normalized spacial score (nSPS) is 15.6. The molecule has 0 bridgehead atoms. The molecule has 0 spiro atoms. The Kier molecular flexibility index (Phi) is 9.09. The molecule has 0 aliphatic carbocycles. The fraction of sp³-hybridized carbons (Fsp3) is 0.355. The smallest absolute Gasteiger partial charge is 0.410 e. The van der Waals surface area contributed by atoms with Crippen LogP contribution in [0.4, 0.5) is 15.3 Å². The minimum absolute atomic E-state index is 0.156. The van der Waals surface area contributed by atoms with Gasteiger partial charge in [-0.3, -0.25) is 4.90 Å². The third-order valence-corrected chi connectivity index (χ3v) is 6.61. The number of hydrogen-bond acceptors (Lipinski definition) is 5. The summed E-state index contributed by atoms with van der Waals surface area (Å²) in [5.41, 5.74) is 2.20. The molecule has 3 aromatic carbocycles. The molecule has 0 aromatic heterocycles. The number of benzene rings is 3. The van der Waals surface area contributed by atoms with E-state index in [9.17, 15) is 9.59 Å². The molecule has 1 heterocycles. The number of carbonyl (C=O) groups is 2. The summed E-state index contributed by atoms with van der Waals surface area (Å²) in [5, 5.41) is 6.20. The Morgan fingerprint density at radius 3 is 1.90 bits per heavy atom. The average molecular weight is 531 g/mol. The van der Waals surface area contributed by atoms with Gasteiger partial charge in [-0.15, -0.1) is 0 Å². The van der Waals surface area contributed by atoms with E-state index in [1.54, 1.807) is 36.3 Å². The van der Waals surface area contributed by atoms with Crippen LogP contribution in [0.25, 0.3) is 0 Å². The van der Waals surface area contributed by atoms with Gasteiger partial charge in [0.25, 0.3) is 0 Å². The molecule has 0 unspecified atom stereocenters. The first kappa shape index (κ1) is 28.0. The van der Waals surface area contributed by atoms with Gasteiger partial charge in [0.1, 0.15) is 11.4 Å². The number of amides is 3. The monoisotopic (exact) mass is 530 g/mol. The number of urea groups is 1. The van der Waals surface area contributed by atoms with Crippen molar-refractivity contribution in [3.63, 3.8) is 0 Å². The van der Waals surface area contributed by atoms with Gasteiger partial charge in [-0.25, -0.2) is 9.59 Å². The average Bonchev–Trinajstić information content (AvgIpc) is 2.93. The lowest BCUT2D eigenvalue weighted by molar-refractivity contribution is 0.00817. The van der Waals surface area contributed by atoms with E-state index in [2.05, 4.69) is 27.7 Å². The fourth-order valence-corrected chi connectivity index (χ4v) is 4.76. The molecular formula is C31H38N4O4. The predicted molar refractivity (Wildman–Crippen MR) is 153 cm³/mol. The number of nitrogens with one attached hydrogen (secondary N) is 2. The maximum Gasteiger partial charge on any atom is 0.410 e. The molecule has 0 radical (unpaired) electrons. The number of hydrogen-bond donors (Lipinski definition) is 2. The first-order valence-corrected chi connectivity index (χ1v) is 13.3. The van der Waals surface area contributed by atoms with E-state index < -0.39 is 5.60 Å². The van der Waals surface area contributed by atoms with Crippen LogP contribution in [0, 0.1) is 0 Å². The number of carbonyl (C=O) groups excluding carboxylic acids is 2. The van der Waals surface area contributed by atoms with Crippen molar-refractivity contribution < 1.29 is 19.1 Å². The van der Waals surface area contributed by atoms with Gasteiger partial charge in [-0.1, -0.05) is 60.7 Å². The van der Waals surface area contributed by atoms with Crippen LogP contribution in [0.5, 0.6) is 5.75 Å². The second-order valence-corrected chi connectivity index (χ2v) is 10.6. The lowest BCUT2D eigenvalue weighted by Crippen LogP contribution is -2.53. The van der Waals surface area contributed by atoms with Gasteiger partial charge in [0, 0.05) is 31.9 Å². The Morgan fingerprint density at radius 2 is 1.36 bits per heavy atom. The third kappa shape index (κ3) is 7.74. The van der Waals surface area contributed by atoms with Crippen LogP contribution >= 0.6 is 0 Å². The topological polar surface area (TPSA) is 83.1 Å². The zero-order chi connectivity index (χ0) is 27.8. The molecule has 1 fully saturated rings. The summed E-state index contributed by atoms with van der Waals surface area (Å²) >= 11 is 0. The third-order valence-electron chi connectivity index (χ3n) is 6.61. The summed E-state index contributed by atoms with van der Waals surface area (Å²) < 4.78 is 10.8. The Balaban J connectivity index is 1.58. The molecule has 1 aliphatic rings. The van der Waals surface area contributed by atoms with Gasteiger partial charge in [0.05, 0.1) is 19.2 Å². The minimum Gasteiger partial charge on any atom is -0.497 e. The highest BCUT2D eigenvalue weighted by molar-refractivity contribution is 5.89. The quantitative estimate of drug-likeness (QED) is 0.400. The largest absolute Gasteiger partial charge is 0.497 e. The van der Waals surface area contributed by atoms with Crippen LogP contribution in [0.3, 0.4) is 0 Å². The second kappa shape index (κ2) is 12.7. The lowest BCUT2D eigenvalue weighted by Gasteiger charge is -2.43. The summed E-state index contributed by atoms with van der Waals surface area (Å²) in [6.45, 7) is 7.99. The van der Waals surface area contributed by atoms with Gasteiger partial charge in [-0.2, -0.15) is 0 Å². The Hall–Kier alpha value is -4.04. The van der Waals surface area contributed by atoms with Crippen LogP contribution < -0.4 is 15.4 Å². The summed E-state index contributed by atoms with van der Waals surface area (Å²) in [4.78, 5) is 30.1. The van der Waals surface area contributed by atoms with Gasteiger partial charge in [0.15, 0.2) is 0 Å². The molecule has 2 N–H and O–H groups in total. The summed E-state index contributed by atoms with van der Waals surface area (Å²) in [5.74, 6) is 0.720. The molecule has 8 heteroatoms. The van der Waals surface area contributed by atoms with E-state index in [-0.39, 0.29) is 24.2 Å². The van der Waals surface area contributed by atoms with E-state index in [0.29, 0.717) is 31.9 Å². The highest BCUT2D eigenvalue weighted by Gasteiger charge is 2.35. The SMILES string of the molecule is COc1ccc(NC(=O)N[C@@H](c2ccccc2)[C@@H](c2ccccc2)N2CCN(C(=O)OC(C)(C)C)CC2)cc1. The van der Waals surface area contributed by atoms with Crippen molar-refractivity contribution in [2.75, 3.05) is 38.6 Å². The second-order valence-electron chi connectivity index (χ2n) is 10.6. The van der Waals surface area contributed by atoms with Crippen LogP contribution in [0.1, 0.15) is 44.0 Å². The minimum atomic E-state index is -0.541. The maximum absolute atomic E-state index is 13.3. The zero-order valence-corrected chi connectivity index (χ0v) is 23.1. The molecule has 206 valence electrons. The van der Waals surface area contributed by atoms with Crippen LogP contribution in [0.15, 0.2) is 84.9 Å². The molecule has 1 saturated heterocycles. The van der Waals surface area contributed by atoms with E-state index in [0.717, 1.165) is 16.9 Å². The summed E-state index contributed by atoms with van der Waals surface area (Å²) in [7, 11) is 1.61. The molecule has 3 amide bonds. The Labute approximate surface area is 230 Å². The first-order valence-electron chi connectivity index (χ1n) is 13.3. The maximum atomic E-state index is 13.3. The fourth-order valence-electron chi connectivity index (χ4n) is 4.76. The molecule has 39 heavy (non-hydrogen) atoms. The van der Waals surface area contributed by atoms with Crippen molar-refractivity contribution >= 4 is 17.8 Å². The number of anilines is 1. The van der Waals surface area contributed by atoms with Gasteiger partial charge in [0.2, 0.25) is 0 Å². The van der Waals surface area contributed by atoms with E-state index in [1.807, 2.05) is 69.3 Å². The van der Waals surface area contributed by atoms with Crippen molar-refractivity contribution in [1.82, 2.24) is 15.1 Å². The molecule has 1 aliphatic heterocycles. The number of piperazine rings is 1. The molecular weight excluding hydrogens is 492 g/mol. The van der Waals surface area contributed by atoms with Crippen LogP contribution in [0.2, 0.25) is 0 Å². The van der Waals surface area contributed by atoms with Crippen molar-refractivity contribution in [2.45, 2.75) is 38.5 Å². The number of methoxy groups -OCH3 is 1. The predicted octanol–water partition coefficient (Wildman–Crippen LogP) is 5.85. The molecule has 8 nitrogen and oxygen atoms in total. The van der Waals surface area contributed by atoms with Crippen molar-refractivity contribution in [2.24, 2.45) is 0 Å². The first-order chi connectivity index (χ1) is 18.7. The zero-order valence-electron chi connectivity index (χ0n) is 23.1. The van der Waals surface area contributed by atoms with Gasteiger partial charge < -0.3 is 25.0 Å². The Morgan fingerprint density at radius 1 is 0.795 bits per heavy atom. The van der Waals surface area contributed by atoms with E-state index in [1.165, 1.54) is 0 Å². The van der Waals surface area contributed by atoms with Crippen molar-refractivity contribution in [3.8, 4) is 5.75 Å². The van der Waals surface area contributed by atoms with Gasteiger partial charge >= 0.3 is 12.1 Å². The Bertz CT molecular complexity index is 1200. The number of nitrogens with zero attached hydrogens (tertiary/aromatic N) is 2. The number of rotatable bonds is 7. The van der Waals surface area contributed by atoms with Gasteiger partial charge in [-0.05, 0) is 56.2 Å². The van der Waals surface area contributed by atoms with E-state index in [4.69, 9.17) is 9.47 Å². The standard InChI is InChI=1S/C31H38N4O4/c1-31(2,3)39-30(37)35-21-19-34(20-22-35)28(24-13-9-6-10-14-24)27(23-11-7-5-8-12-23)33-29(36)32-25-15-17-26(38-4)18-16-25/h5-18,27-28H,19-22H2,1-4H3,(H2,32,33,36)/t27-,28+/m0/s1. The van der Waals surface area contributed by atoms with Crippen molar-refractivity contribution in [3.05, 3.63) is 96.1 Å². The number of ether oxygens (including phenoxy) is 2. The molecule has 4 rings (SSSR count). The molecule has 2 atom stereocenters. The molecule has 3 aromatic rings.